The van der Waals surface area contributed by atoms with Gasteiger partial charge in [-0.05, 0) is 37.5 Å². The molecular formula is C20H34N2O5. The number of hydrogen-bond acceptors (Lipinski definition) is 5. The van der Waals surface area contributed by atoms with Gasteiger partial charge in [0, 0.05) is 45.2 Å². The average molecular weight is 383 g/mol. The number of nitrogens with zero attached hydrogens (tertiary/aromatic N) is 1. The van der Waals surface area contributed by atoms with Gasteiger partial charge >= 0.3 is 0 Å². The van der Waals surface area contributed by atoms with Crippen LogP contribution in [0.1, 0.15) is 52.4 Å². The summed E-state index contributed by atoms with van der Waals surface area (Å²) < 4.78 is 11.1. The summed E-state index contributed by atoms with van der Waals surface area (Å²) in [5.41, 5.74) is -0.915. The van der Waals surface area contributed by atoms with Crippen LogP contribution in [-0.4, -0.2) is 73.0 Å². The molecule has 1 aliphatic carbocycles. The van der Waals surface area contributed by atoms with E-state index in [1.165, 1.54) is 0 Å². The first-order valence-electron chi connectivity index (χ1n) is 10.3. The van der Waals surface area contributed by atoms with E-state index in [2.05, 4.69) is 19.2 Å². The molecular weight excluding hydrogens is 348 g/mol. The van der Waals surface area contributed by atoms with E-state index in [0.29, 0.717) is 39.0 Å². The Morgan fingerprint density at radius 1 is 1.30 bits per heavy atom. The topological polar surface area (TPSA) is 88.1 Å². The molecule has 1 unspecified atom stereocenters. The third-order valence-corrected chi connectivity index (χ3v) is 6.14. The molecule has 0 radical (unpaired) electrons. The molecule has 3 rings (SSSR count). The van der Waals surface area contributed by atoms with Gasteiger partial charge in [0.2, 0.25) is 11.8 Å². The fourth-order valence-electron chi connectivity index (χ4n) is 3.97. The summed E-state index contributed by atoms with van der Waals surface area (Å²) in [6.45, 7) is 7.35. The minimum absolute atomic E-state index is 0.0768. The van der Waals surface area contributed by atoms with Gasteiger partial charge in [-0.2, -0.15) is 0 Å². The van der Waals surface area contributed by atoms with Crippen LogP contribution in [0.3, 0.4) is 0 Å². The first-order valence-corrected chi connectivity index (χ1v) is 10.3. The number of nitrogens with one attached hydrogen (secondary N) is 1. The van der Waals surface area contributed by atoms with E-state index in [1.54, 1.807) is 4.90 Å². The Balaban J connectivity index is 1.29. The molecule has 2 amide bonds. The summed E-state index contributed by atoms with van der Waals surface area (Å²) in [5.74, 6) is 0.157. The van der Waals surface area contributed by atoms with Crippen LogP contribution in [0, 0.1) is 11.3 Å². The number of rotatable bonds is 8. The van der Waals surface area contributed by atoms with E-state index in [-0.39, 0.29) is 35.8 Å². The number of ether oxygens (including phenoxy) is 2. The van der Waals surface area contributed by atoms with Crippen LogP contribution in [0.25, 0.3) is 0 Å². The summed E-state index contributed by atoms with van der Waals surface area (Å²) in [7, 11) is 0. The molecule has 3 fully saturated rings. The van der Waals surface area contributed by atoms with Crippen LogP contribution in [-0.2, 0) is 19.1 Å². The largest absolute Gasteiger partial charge is 0.386 e. The van der Waals surface area contributed by atoms with Gasteiger partial charge in [-0.25, -0.2) is 0 Å². The minimum atomic E-state index is -1.01. The second kappa shape index (κ2) is 8.45. The van der Waals surface area contributed by atoms with Gasteiger partial charge in [0.05, 0.1) is 12.6 Å². The fourth-order valence-corrected chi connectivity index (χ4v) is 3.97. The maximum atomic E-state index is 12.5. The fraction of sp³-hybridized carbons (Fsp3) is 0.900. The number of carbonyl (C=O) groups is 2. The van der Waals surface area contributed by atoms with Gasteiger partial charge in [-0.3, -0.25) is 9.59 Å². The van der Waals surface area contributed by atoms with Crippen LogP contribution in [0.15, 0.2) is 0 Å². The van der Waals surface area contributed by atoms with Crippen molar-refractivity contribution in [3.05, 3.63) is 0 Å². The molecule has 0 aromatic heterocycles. The quantitative estimate of drug-likeness (QED) is 0.614. The Morgan fingerprint density at radius 2 is 2.00 bits per heavy atom. The Labute approximate surface area is 161 Å². The van der Waals surface area contributed by atoms with Crippen molar-refractivity contribution < 1.29 is 24.2 Å². The van der Waals surface area contributed by atoms with Crippen LogP contribution < -0.4 is 5.32 Å². The Bertz CT molecular complexity index is 546. The maximum absolute atomic E-state index is 12.5. The molecule has 0 aromatic carbocycles. The Morgan fingerprint density at radius 3 is 2.67 bits per heavy atom. The molecule has 2 aliphatic heterocycles. The normalized spacial score (nSPS) is 30.3. The second-order valence-corrected chi connectivity index (χ2v) is 9.04. The van der Waals surface area contributed by atoms with E-state index in [0.717, 1.165) is 32.5 Å². The van der Waals surface area contributed by atoms with Gasteiger partial charge in [0.15, 0.2) is 0 Å². The summed E-state index contributed by atoms with van der Waals surface area (Å²) in [6, 6.07) is 0. The molecule has 154 valence electrons. The highest BCUT2D eigenvalue weighted by Gasteiger charge is 2.53. The van der Waals surface area contributed by atoms with Crippen molar-refractivity contribution in [2.24, 2.45) is 11.3 Å². The lowest BCUT2D eigenvalue weighted by Gasteiger charge is -2.24. The zero-order valence-electron chi connectivity index (χ0n) is 16.7. The van der Waals surface area contributed by atoms with Gasteiger partial charge in [0.25, 0.3) is 0 Å². The summed E-state index contributed by atoms with van der Waals surface area (Å²) in [5, 5.41) is 13.5. The van der Waals surface area contributed by atoms with E-state index < -0.39 is 5.60 Å². The van der Waals surface area contributed by atoms with Crippen molar-refractivity contribution >= 4 is 11.8 Å². The number of likely N-dealkylation sites (tertiary alicyclic amines) is 1. The molecule has 0 bridgehead atoms. The van der Waals surface area contributed by atoms with E-state index in [1.807, 2.05) is 0 Å². The predicted octanol–water partition coefficient (Wildman–Crippen LogP) is 1.09. The van der Waals surface area contributed by atoms with E-state index in [4.69, 9.17) is 9.47 Å². The van der Waals surface area contributed by atoms with Gasteiger partial charge in [0.1, 0.15) is 5.60 Å². The lowest BCUT2D eigenvalue weighted by molar-refractivity contribution is -0.133. The zero-order chi connectivity index (χ0) is 19.5. The number of aliphatic hydroxyl groups is 1. The lowest BCUT2D eigenvalue weighted by atomic mass is 10.0. The number of hydrogen-bond donors (Lipinski definition) is 2. The van der Waals surface area contributed by atoms with E-state index >= 15 is 0 Å². The third-order valence-electron chi connectivity index (χ3n) is 6.14. The van der Waals surface area contributed by atoms with Gasteiger partial charge in [-0.15, -0.1) is 0 Å². The standard InChI is InChI=1S/C20H34N2O5/c1-19(2)12-16(19)18(24)22-8-7-20(25,14-22)13-21-17(23)4-3-9-27-15-5-10-26-11-6-15/h15-16,25H,3-14H2,1-2H3,(H,21,23)/t16-,20?/m1/s1. The van der Waals surface area contributed by atoms with Gasteiger partial charge in [-0.1, -0.05) is 13.8 Å². The molecule has 2 heterocycles. The SMILES string of the molecule is CC1(C)C[C@@H]1C(=O)N1CCC(O)(CNC(=O)CCCOC2CCOCC2)C1. The average Bonchev–Trinajstić information content (AvgIpc) is 3.10. The maximum Gasteiger partial charge on any atom is 0.226 e. The zero-order valence-corrected chi connectivity index (χ0v) is 16.7. The first kappa shape index (κ1) is 20.6. The Hall–Kier alpha value is -1.18. The van der Waals surface area contributed by atoms with Crippen molar-refractivity contribution in [3.8, 4) is 0 Å². The molecule has 2 atom stereocenters. The molecule has 7 heteroatoms. The highest BCUT2D eigenvalue weighted by molar-refractivity contribution is 5.83. The van der Waals surface area contributed by atoms with Crippen molar-refractivity contribution in [1.29, 1.82) is 0 Å². The monoisotopic (exact) mass is 382 g/mol. The number of β-amino-alcohol motifs (C(OH)–C–C–N with tert-alkyl or cyclic N) is 1. The first-order chi connectivity index (χ1) is 12.8. The summed E-state index contributed by atoms with van der Waals surface area (Å²) >= 11 is 0. The van der Waals surface area contributed by atoms with Crippen LogP contribution in [0.5, 0.6) is 0 Å². The van der Waals surface area contributed by atoms with Crippen molar-refractivity contribution in [3.63, 3.8) is 0 Å². The highest BCUT2D eigenvalue weighted by atomic mass is 16.5. The molecule has 27 heavy (non-hydrogen) atoms. The summed E-state index contributed by atoms with van der Waals surface area (Å²) in [6.07, 6.45) is 4.59. The molecule has 7 nitrogen and oxygen atoms in total. The van der Waals surface area contributed by atoms with Crippen LogP contribution in [0.2, 0.25) is 0 Å². The molecule has 2 saturated heterocycles. The lowest BCUT2D eigenvalue weighted by Crippen LogP contribution is -2.46. The third kappa shape index (κ3) is 5.65. The van der Waals surface area contributed by atoms with Crippen molar-refractivity contribution in [2.75, 3.05) is 39.5 Å². The molecule has 0 aromatic rings. The van der Waals surface area contributed by atoms with E-state index in [9.17, 15) is 14.7 Å². The highest BCUT2D eigenvalue weighted by Crippen LogP contribution is 2.52. The van der Waals surface area contributed by atoms with Crippen molar-refractivity contribution in [1.82, 2.24) is 10.2 Å². The molecule has 1 saturated carbocycles. The molecule has 3 aliphatic rings. The number of amides is 2. The van der Waals surface area contributed by atoms with Crippen LogP contribution in [0.4, 0.5) is 0 Å². The summed E-state index contributed by atoms with van der Waals surface area (Å²) in [4.78, 5) is 26.3. The molecule has 0 spiro atoms. The second-order valence-electron chi connectivity index (χ2n) is 9.04. The molecule has 2 N–H and O–H groups in total. The van der Waals surface area contributed by atoms with Gasteiger partial charge < -0.3 is 24.8 Å². The van der Waals surface area contributed by atoms with Crippen molar-refractivity contribution in [2.45, 2.75) is 64.1 Å². The Kier molecular flexibility index (Phi) is 6.43. The smallest absolute Gasteiger partial charge is 0.226 e. The minimum Gasteiger partial charge on any atom is -0.386 e. The number of carbonyl (C=O) groups excluding carboxylic acids is 2. The van der Waals surface area contributed by atoms with Crippen LogP contribution >= 0.6 is 0 Å². The predicted molar refractivity (Wildman–Crippen MR) is 100 cm³/mol.